The lowest BCUT2D eigenvalue weighted by atomic mass is 10.2. The van der Waals surface area contributed by atoms with Crippen LogP contribution in [0.1, 0.15) is 36.4 Å². The Bertz CT molecular complexity index is 986. The van der Waals surface area contributed by atoms with Crippen LogP contribution in [0.15, 0.2) is 39.8 Å². The molecule has 26 heavy (non-hydrogen) atoms. The summed E-state index contributed by atoms with van der Waals surface area (Å²) in [7, 11) is 0. The molecule has 136 valence electrons. The monoisotopic (exact) mass is 388 g/mol. The fraction of sp³-hybridized carbons (Fsp3) is 0.333. The number of nitrogens with zero attached hydrogens (tertiary/aromatic N) is 3. The van der Waals surface area contributed by atoms with E-state index in [0.717, 1.165) is 33.1 Å². The molecule has 3 heterocycles. The van der Waals surface area contributed by atoms with Gasteiger partial charge in [-0.05, 0) is 30.4 Å². The molecule has 6 nitrogen and oxygen atoms in total. The van der Waals surface area contributed by atoms with Crippen LogP contribution in [0, 0.1) is 0 Å². The third kappa shape index (κ3) is 4.08. The van der Waals surface area contributed by atoms with Crippen molar-refractivity contribution in [2.24, 2.45) is 5.10 Å². The Morgan fingerprint density at radius 1 is 1.38 bits per heavy atom. The van der Waals surface area contributed by atoms with E-state index in [-0.39, 0.29) is 18.0 Å². The zero-order chi connectivity index (χ0) is 18.5. The second-order valence-corrected chi connectivity index (χ2v) is 7.85. The van der Waals surface area contributed by atoms with Gasteiger partial charge in [0, 0.05) is 4.88 Å². The number of nitrogens with one attached hydrogen (secondary N) is 1. The molecule has 3 aromatic heterocycles. The summed E-state index contributed by atoms with van der Waals surface area (Å²) in [5.74, 6) is -0.347. The van der Waals surface area contributed by atoms with Gasteiger partial charge < -0.3 is 0 Å². The molecule has 0 saturated heterocycles. The Labute approximate surface area is 159 Å². The summed E-state index contributed by atoms with van der Waals surface area (Å²) >= 11 is 3.11. The number of rotatable bonds is 7. The fourth-order valence-corrected chi connectivity index (χ4v) is 4.44. The van der Waals surface area contributed by atoms with Crippen molar-refractivity contribution in [3.05, 3.63) is 50.0 Å². The Kier molecular flexibility index (Phi) is 5.95. The van der Waals surface area contributed by atoms with Gasteiger partial charge in [-0.2, -0.15) is 5.10 Å². The Balaban J connectivity index is 1.75. The minimum Gasteiger partial charge on any atom is -0.289 e. The summed E-state index contributed by atoms with van der Waals surface area (Å²) in [6.07, 6.45) is 4.09. The lowest BCUT2D eigenvalue weighted by Gasteiger charge is -2.05. The third-order valence-electron chi connectivity index (χ3n) is 3.84. The van der Waals surface area contributed by atoms with Crippen molar-refractivity contribution in [2.45, 2.75) is 39.7 Å². The number of thiophene rings is 2. The molecular formula is C18H20N4O2S2. The number of amides is 1. The molecule has 0 aliphatic rings. The van der Waals surface area contributed by atoms with Gasteiger partial charge in [0.25, 0.3) is 11.5 Å². The van der Waals surface area contributed by atoms with Crippen LogP contribution in [0.25, 0.3) is 10.2 Å². The molecule has 3 rings (SSSR count). The van der Waals surface area contributed by atoms with Gasteiger partial charge in [-0.3, -0.25) is 14.2 Å². The van der Waals surface area contributed by atoms with E-state index in [1.165, 1.54) is 22.2 Å². The maximum atomic E-state index is 12.6. The van der Waals surface area contributed by atoms with Crippen LogP contribution in [0.5, 0.6) is 0 Å². The molecular weight excluding hydrogens is 368 g/mol. The molecule has 0 radical (unpaired) electrons. The van der Waals surface area contributed by atoms with Gasteiger partial charge in [-0.15, -0.1) is 22.7 Å². The van der Waals surface area contributed by atoms with E-state index in [0.29, 0.717) is 11.8 Å². The average molecular weight is 389 g/mol. The molecule has 0 saturated carbocycles. The van der Waals surface area contributed by atoms with Crippen molar-refractivity contribution in [2.75, 3.05) is 0 Å². The lowest BCUT2D eigenvalue weighted by molar-refractivity contribution is -0.121. The zero-order valence-corrected chi connectivity index (χ0v) is 16.3. The molecule has 0 atom stereocenters. The zero-order valence-electron chi connectivity index (χ0n) is 14.7. The fourth-order valence-electron chi connectivity index (χ4n) is 2.56. The first-order valence-electron chi connectivity index (χ1n) is 8.49. The molecule has 0 fully saturated rings. The second-order valence-electron chi connectivity index (χ2n) is 5.78. The molecule has 0 bridgehead atoms. The van der Waals surface area contributed by atoms with E-state index in [1.54, 1.807) is 11.3 Å². The van der Waals surface area contributed by atoms with Crippen molar-refractivity contribution in [1.29, 1.82) is 0 Å². The van der Waals surface area contributed by atoms with Crippen molar-refractivity contribution in [1.82, 2.24) is 15.0 Å². The molecule has 3 aromatic rings. The molecule has 1 amide bonds. The highest BCUT2D eigenvalue weighted by Gasteiger charge is 2.11. The van der Waals surface area contributed by atoms with Gasteiger partial charge in [0.2, 0.25) is 0 Å². The number of carbonyl (C=O) groups is 1. The van der Waals surface area contributed by atoms with E-state index in [4.69, 9.17) is 0 Å². The quantitative estimate of drug-likeness (QED) is 0.498. The standard InChI is InChI=1S/C18H20N4O2S2/c1-3-6-12-9-13-17(26-12)19-11-22(18(13)24)10-16(23)21-20-14(4-2)15-7-5-8-25-15/h5,7-9,11H,3-4,6,10H2,1-2H3,(H,21,23). The molecule has 0 aromatic carbocycles. The number of fused-ring (bicyclic) bond motifs is 1. The smallest absolute Gasteiger partial charge is 0.262 e. The number of hydrazone groups is 1. The van der Waals surface area contributed by atoms with Gasteiger partial charge in [-0.25, -0.2) is 10.4 Å². The topological polar surface area (TPSA) is 76.3 Å². The van der Waals surface area contributed by atoms with Gasteiger partial charge in [0.15, 0.2) is 0 Å². The van der Waals surface area contributed by atoms with E-state index in [9.17, 15) is 9.59 Å². The first-order chi connectivity index (χ1) is 12.6. The maximum Gasteiger partial charge on any atom is 0.262 e. The van der Waals surface area contributed by atoms with Crippen molar-refractivity contribution in [3.63, 3.8) is 0 Å². The number of hydrogen-bond donors (Lipinski definition) is 1. The largest absolute Gasteiger partial charge is 0.289 e. The molecule has 1 N–H and O–H groups in total. The highest BCUT2D eigenvalue weighted by atomic mass is 32.1. The van der Waals surface area contributed by atoms with Crippen LogP contribution in [0.2, 0.25) is 0 Å². The van der Waals surface area contributed by atoms with Crippen LogP contribution in [0.4, 0.5) is 0 Å². The van der Waals surface area contributed by atoms with Crippen molar-refractivity contribution < 1.29 is 4.79 Å². The second kappa shape index (κ2) is 8.37. The van der Waals surface area contributed by atoms with Crippen LogP contribution in [-0.2, 0) is 17.8 Å². The highest BCUT2D eigenvalue weighted by molar-refractivity contribution is 7.18. The first kappa shape index (κ1) is 18.5. The van der Waals surface area contributed by atoms with Gasteiger partial charge >= 0.3 is 0 Å². The average Bonchev–Trinajstić information content (AvgIpc) is 3.28. The molecule has 0 aliphatic heterocycles. The third-order valence-corrected chi connectivity index (χ3v) is 5.86. The highest BCUT2D eigenvalue weighted by Crippen LogP contribution is 2.21. The summed E-state index contributed by atoms with van der Waals surface area (Å²) in [5.41, 5.74) is 3.17. The summed E-state index contributed by atoms with van der Waals surface area (Å²) in [5, 5.41) is 6.74. The minimum atomic E-state index is -0.347. The molecule has 0 unspecified atom stereocenters. The van der Waals surface area contributed by atoms with Gasteiger partial charge in [-0.1, -0.05) is 26.3 Å². The summed E-state index contributed by atoms with van der Waals surface area (Å²) in [4.78, 5) is 32.0. The minimum absolute atomic E-state index is 0.105. The van der Waals surface area contributed by atoms with E-state index in [2.05, 4.69) is 22.4 Å². The molecule has 8 heteroatoms. The van der Waals surface area contributed by atoms with Crippen LogP contribution < -0.4 is 11.0 Å². The summed E-state index contributed by atoms with van der Waals surface area (Å²) in [6, 6.07) is 5.80. The lowest BCUT2D eigenvalue weighted by Crippen LogP contribution is -2.30. The Morgan fingerprint density at radius 3 is 2.92 bits per heavy atom. The van der Waals surface area contributed by atoms with Crippen LogP contribution in [0.3, 0.4) is 0 Å². The SMILES string of the molecule is CCCc1cc2c(=O)n(CC(=O)NN=C(CC)c3cccs3)cnc2s1. The summed E-state index contributed by atoms with van der Waals surface area (Å²) in [6.45, 7) is 3.98. The van der Waals surface area contributed by atoms with Crippen LogP contribution >= 0.6 is 22.7 Å². The van der Waals surface area contributed by atoms with E-state index >= 15 is 0 Å². The van der Waals surface area contributed by atoms with E-state index in [1.807, 2.05) is 30.5 Å². The summed E-state index contributed by atoms with van der Waals surface area (Å²) < 4.78 is 1.33. The Hall–Kier alpha value is -2.32. The van der Waals surface area contributed by atoms with Crippen molar-refractivity contribution >= 4 is 44.5 Å². The number of hydrogen-bond acceptors (Lipinski definition) is 6. The Morgan fingerprint density at radius 2 is 2.23 bits per heavy atom. The predicted octanol–water partition coefficient (Wildman–Crippen LogP) is 3.40. The number of aromatic nitrogens is 2. The predicted molar refractivity (Wildman–Crippen MR) is 107 cm³/mol. The first-order valence-corrected chi connectivity index (χ1v) is 10.2. The number of aryl methyl sites for hydroxylation is 1. The van der Waals surface area contributed by atoms with Gasteiger partial charge in [0.1, 0.15) is 11.4 Å². The maximum absolute atomic E-state index is 12.6. The van der Waals surface area contributed by atoms with E-state index < -0.39 is 0 Å². The van der Waals surface area contributed by atoms with Crippen LogP contribution in [-0.4, -0.2) is 21.2 Å². The normalized spacial score (nSPS) is 11.8. The molecule has 0 aliphatic carbocycles. The number of carbonyl (C=O) groups excluding carboxylic acids is 1. The molecule has 0 spiro atoms. The van der Waals surface area contributed by atoms with Gasteiger partial charge in [0.05, 0.1) is 22.3 Å². The van der Waals surface area contributed by atoms with Crippen molar-refractivity contribution in [3.8, 4) is 0 Å².